The van der Waals surface area contributed by atoms with Gasteiger partial charge >= 0.3 is 5.97 Å². The summed E-state index contributed by atoms with van der Waals surface area (Å²) in [5.41, 5.74) is 0.980. The van der Waals surface area contributed by atoms with Crippen LogP contribution in [-0.4, -0.2) is 42.4 Å². The molecule has 1 saturated heterocycles. The number of carboxylic acids is 1. The minimum absolute atomic E-state index is 0.115. The van der Waals surface area contributed by atoms with E-state index < -0.39 is 18.2 Å². The van der Waals surface area contributed by atoms with Crippen LogP contribution in [0.4, 0.5) is 0 Å². The van der Waals surface area contributed by atoms with Crippen molar-refractivity contribution in [1.82, 2.24) is 5.32 Å². The molecule has 1 amide bonds. The average Bonchev–Trinajstić information content (AvgIpc) is 3.33. The molecule has 25 heavy (non-hydrogen) atoms. The Morgan fingerprint density at radius 3 is 2.44 bits per heavy atom. The van der Waals surface area contributed by atoms with Gasteiger partial charge in [0.1, 0.15) is 19.3 Å². The van der Waals surface area contributed by atoms with Gasteiger partial charge < -0.3 is 24.6 Å². The Balaban J connectivity index is 1.47. The van der Waals surface area contributed by atoms with E-state index in [0.29, 0.717) is 37.7 Å². The van der Waals surface area contributed by atoms with Crippen LogP contribution in [0.15, 0.2) is 18.2 Å². The third kappa shape index (κ3) is 3.42. The summed E-state index contributed by atoms with van der Waals surface area (Å²) in [4.78, 5) is 23.5. The quantitative estimate of drug-likeness (QED) is 0.841. The predicted molar refractivity (Wildman–Crippen MR) is 86.6 cm³/mol. The molecule has 1 saturated carbocycles. The number of amides is 1. The second-order valence-electron chi connectivity index (χ2n) is 6.76. The molecule has 7 heteroatoms. The molecular weight excluding hydrogens is 326 g/mol. The van der Waals surface area contributed by atoms with Crippen molar-refractivity contribution in [2.75, 3.05) is 13.2 Å². The molecule has 0 spiro atoms. The summed E-state index contributed by atoms with van der Waals surface area (Å²) in [6.45, 7) is 1.06. The van der Waals surface area contributed by atoms with Gasteiger partial charge in [-0.05, 0) is 49.3 Å². The average molecular weight is 347 g/mol. The fraction of sp³-hybridized carbons (Fsp3) is 0.556. The van der Waals surface area contributed by atoms with Crippen molar-refractivity contribution in [2.24, 2.45) is 5.92 Å². The van der Waals surface area contributed by atoms with Crippen molar-refractivity contribution in [3.8, 4) is 11.5 Å². The molecule has 0 radical (unpaired) electrons. The van der Waals surface area contributed by atoms with Gasteiger partial charge in [-0.15, -0.1) is 0 Å². The summed E-state index contributed by atoms with van der Waals surface area (Å²) in [6, 6.07) is 5.63. The topological polar surface area (TPSA) is 94.1 Å². The predicted octanol–water partition coefficient (Wildman–Crippen LogP) is 1.66. The van der Waals surface area contributed by atoms with Crippen molar-refractivity contribution in [3.05, 3.63) is 23.8 Å². The van der Waals surface area contributed by atoms with Crippen LogP contribution in [0, 0.1) is 5.92 Å². The number of carboxylic acid groups (broad SMARTS) is 1. The lowest BCUT2D eigenvalue weighted by Gasteiger charge is -2.24. The number of rotatable bonds is 5. The SMILES string of the molecule is O=C(NC(c1ccc2c(c1)OCCO2)C1CC1)[C@@H]1CC[C@H](C(=O)O)O1. The number of benzene rings is 1. The maximum Gasteiger partial charge on any atom is 0.332 e. The van der Waals surface area contributed by atoms with E-state index >= 15 is 0 Å². The maximum atomic E-state index is 12.5. The van der Waals surface area contributed by atoms with Gasteiger partial charge in [0.15, 0.2) is 17.6 Å². The summed E-state index contributed by atoms with van der Waals surface area (Å²) < 4.78 is 16.5. The monoisotopic (exact) mass is 347 g/mol. The first-order chi connectivity index (χ1) is 12.1. The van der Waals surface area contributed by atoms with Crippen molar-refractivity contribution in [1.29, 1.82) is 0 Å². The molecule has 1 aromatic rings. The molecule has 4 rings (SSSR count). The third-order valence-corrected chi connectivity index (χ3v) is 4.90. The van der Waals surface area contributed by atoms with Crippen LogP contribution in [0.5, 0.6) is 11.5 Å². The number of nitrogens with one attached hydrogen (secondary N) is 1. The van der Waals surface area contributed by atoms with Crippen LogP contribution in [0.1, 0.15) is 37.3 Å². The number of hydrogen-bond donors (Lipinski definition) is 2. The molecule has 2 aliphatic heterocycles. The van der Waals surface area contributed by atoms with Crippen LogP contribution in [-0.2, 0) is 14.3 Å². The van der Waals surface area contributed by atoms with E-state index in [1.54, 1.807) is 0 Å². The van der Waals surface area contributed by atoms with Crippen LogP contribution < -0.4 is 14.8 Å². The largest absolute Gasteiger partial charge is 0.486 e. The van der Waals surface area contributed by atoms with E-state index in [9.17, 15) is 9.59 Å². The Bertz CT molecular complexity index is 686. The first-order valence-corrected chi connectivity index (χ1v) is 8.70. The Hall–Kier alpha value is -2.28. The Labute approximate surface area is 145 Å². The molecule has 1 unspecified atom stereocenters. The first-order valence-electron chi connectivity index (χ1n) is 8.70. The van der Waals surface area contributed by atoms with Crippen LogP contribution in [0.25, 0.3) is 0 Å². The zero-order valence-electron chi connectivity index (χ0n) is 13.8. The van der Waals surface area contributed by atoms with Crippen molar-refractivity contribution >= 4 is 11.9 Å². The molecule has 2 N–H and O–H groups in total. The fourth-order valence-electron chi connectivity index (χ4n) is 3.41. The standard InChI is InChI=1S/C18H21NO6/c20-17(13-5-6-14(25-13)18(21)22)19-16(10-1-2-10)11-3-4-12-15(9-11)24-8-7-23-12/h3-4,9-10,13-14,16H,1-2,5-8H2,(H,19,20)(H,21,22)/t13-,14+,16?/m0/s1. The Morgan fingerprint density at radius 1 is 1.04 bits per heavy atom. The van der Waals surface area contributed by atoms with Gasteiger partial charge in [0.05, 0.1) is 6.04 Å². The number of carbonyl (C=O) groups excluding carboxylic acids is 1. The van der Waals surface area contributed by atoms with E-state index in [0.717, 1.165) is 24.2 Å². The van der Waals surface area contributed by atoms with Gasteiger partial charge in [-0.25, -0.2) is 4.79 Å². The van der Waals surface area contributed by atoms with Gasteiger partial charge in [0.25, 0.3) is 0 Å². The number of carbonyl (C=O) groups is 2. The van der Waals surface area contributed by atoms with Gasteiger partial charge in [-0.3, -0.25) is 4.79 Å². The zero-order chi connectivity index (χ0) is 17.4. The van der Waals surface area contributed by atoms with Crippen molar-refractivity contribution < 1.29 is 28.9 Å². The second-order valence-corrected chi connectivity index (χ2v) is 6.76. The van der Waals surface area contributed by atoms with E-state index in [4.69, 9.17) is 19.3 Å². The molecule has 3 atom stereocenters. The minimum atomic E-state index is -1.01. The molecule has 3 aliphatic rings. The van der Waals surface area contributed by atoms with Crippen molar-refractivity contribution in [2.45, 2.75) is 43.9 Å². The normalized spacial score (nSPS) is 26.1. The highest BCUT2D eigenvalue weighted by atomic mass is 16.6. The summed E-state index contributed by atoms with van der Waals surface area (Å²) >= 11 is 0. The van der Waals surface area contributed by atoms with E-state index in [2.05, 4.69) is 5.32 Å². The summed E-state index contributed by atoms with van der Waals surface area (Å²) in [6.07, 6.45) is 1.34. The third-order valence-electron chi connectivity index (χ3n) is 4.90. The molecule has 7 nitrogen and oxygen atoms in total. The molecule has 2 fully saturated rings. The lowest BCUT2D eigenvalue weighted by atomic mass is 10.0. The van der Waals surface area contributed by atoms with Gasteiger partial charge in [-0.2, -0.15) is 0 Å². The number of fused-ring (bicyclic) bond motifs is 1. The van der Waals surface area contributed by atoms with Crippen molar-refractivity contribution in [3.63, 3.8) is 0 Å². The summed E-state index contributed by atoms with van der Waals surface area (Å²) in [5.74, 6) is 0.561. The highest BCUT2D eigenvalue weighted by Gasteiger charge is 2.39. The van der Waals surface area contributed by atoms with Gasteiger partial charge in [0.2, 0.25) is 5.91 Å². The molecule has 134 valence electrons. The summed E-state index contributed by atoms with van der Waals surface area (Å²) in [7, 11) is 0. The minimum Gasteiger partial charge on any atom is -0.486 e. The maximum absolute atomic E-state index is 12.5. The second kappa shape index (κ2) is 6.55. The number of aliphatic carboxylic acids is 1. The van der Waals surface area contributed by atoms with Gasteiger partial charge in [0, 0.05) is 0 Å². The molecular formula is C18H21NO6. The molecule has 0 aromatic heterocycles. The lowest BCUT2D eigenvalue weighted by Crippen LogP contribution is -2.38. The molecule has 2 heterocycles. The zero-order valence-corrected chi connectivity index (χ0v) is 13.8. The Morgan fingerprint density at radius 2 is 1.76 bits per heavy atom. The highest BCUT2D eigenvalue weighted by molar-refractivity contribution is 5.83. The van der Waals surface area contributed by atoms with E-state index in [-0.39, 0.29) is 11.9 Å². The van der Waals surface area contributed by atoms with Crippen LogP contribution >= 0.6 is 0 Å². The Kier molecular flexibility index (Phi) is 4.25. The number of hydrogen-bond acceptors (Lipinski definition) is 5. The van der Waals surface area contributed by atoms with Crippen LogP contribution in [0.2, 0.25) is 0 Å². The van der Waals surface area contributed by atoms with E-state index in [1.165, 1.54) is 0 Å². The van der Waals surface area contributed by atoms with Gasteiger partial charge in [-0.1, -0.05) is 6.07 Å². The lowest BCUT2D eigenvalue weighted by molar-refractivity contribution is -0.152. The highest BCUT2D eigenvalue weighted by Crippen LogP contribution is 2.43. The first kappa shape index (κ1) is 16.2. The fourth-order valence-corrected chi connectivity index (χ4v) is 3.41. The number of ether oxygens (including phenoxy) is 3. The summed E-state index contributed by atoms with van der Waals surface area (Å²) in [5, 5.41) is 12.1. The van der Waals surface area contributed by atoms with Crippen LogP contribution in [0.3, 0.4) is 0 Å². The molecule has 0 bridgehead atoms. The molecule has 1 aromatic carbocycles. The van der Waals surface area contributed by atoms with E-state index in [1.807, 2.05) is 18.2 Å². The molecule has 1 aliphatic carbocycles. The smallest absolute Gasteiger partial charge is 0.332 e.